The fourth-order valence-corrected chi connectivity index (χ4v) is 0. The van der Waals surface area contributed by atoms with Crippen LogP contribution in [-0.4, -0.2) is 16.4 Å². The van der Waals surface area contributed by atoms with Crippen LogP contribution in [0, 0.1) is 0 Å². The summed E-state index contributed by atoms with van der Waals surface area (Å²) >= 11 is 0. The molecule has 39 valence electrons. The summed E-state index contributed by atoms with van der Waals surface area (Å²) in [4.78, 5) is 0. The van der Waals surface area contributed by atoms with Crippen molar-refractivity contribution in [1.29, 1.82) is 0 Å². The Hall–Kier alpha value is 1.17. The van der Waals surface area contributed by atoms with E-state index < -0.39 is 0 Å². The van der Waals surface area contributed by atoms with E-state index >= 15 is 0 Å². The SMILES string of the molecule is O.O.O.[Re].[Ru]. The number of rotatable bonds is 0. The van der Waals surface area contributed by atoms with Gasteiger partial charge < -0.3 is 16.4 Å². The molecule has 0 aromatic heterocycles. The molecule has 0 rings (SSSR count). The Bertz CT molecular complexity index is 6.85. The third-order valence-corrected chi connectivity index (χ3v) is 0. The van der Waals surface area contributed by atoms with Gasteiger partial charge >= 0.3 is 0 Å². The van der Waals surface area contributed by atoms with E-state index in [0.29, 0.717) is 0 Å². The molecule has 0 saturated carbocycles. The molecule has 0 heterocycles. The average molecular weight is 341 g/mol. The number of hydrogen-bond donors (Lipinski definition) is 0. The molecule has 0 atom stereocenters. The Morgan fingerprint density at radius 2 is 0.600 bits per heavy atom. The molecule has 0 fully saturated rings. The first kappa shape index (κ1) is 121. The second-order valence-electron chi connectivity index (χ2n) is 0. The first-order valence-corrected chi connectivity index (χ1v) is 0. The minimum Gasteiger partial charge on any atom is -0.412 e. The summed E-state index contributed by atoms with van der Waals surface area (Å²) in [5.41, 5.74) is 0. The summed E-state index contributed by atoms with van der Waals surface area (Å²) < 4.78 is 0. The summed E-state index contributed by atoms with van der Waals surface area (Å²) in [6, 6.07) is 0. The van der Waals surface area contributed by atoms with Crippen molar-refractivity contribution in [3.05, 3.63) is 0 Å². The molecule has 0 aliphatic carbocycles. The molecule has 0 aliphatic heterocycles. The van der Waals surface area contributed by atoms with Crippen LogP contribution in [0.3, 0.4) is 0 Å². The Morgan fingerprint density at radius 3 is 0.600 bits per heavy atom. The van der Waals surface area contributed by atoms with Crippen molar-refractivity contribution < 1.29 is 56.3 Å². The van der Waals surface area contributed by atoms with Crippen molar-refractivity contribution in [2.45, 2.75) is 0 Å². The van der Waals surface area contributed by atoms with Gasteiger partial charge in [0.2, 0.25) is 0 Å². The Labute approximate surface area is 56.5 Å². The second-order valence-corrected chi connectivity index (χ2v) is 0. The van der Waals surface area contributed by atoms with Gasteiger partial charge in [-0.15, -0.1) is 0 Å². The Balaban J connectivity index is 0. The van der Waals surface area contributed by atoms with E-state index in [4.69, 9.17) is 0 Å². The molecular weight excluding hydrogens is 335 g/mol. The van der Waals surface area contributed by atoms with Gasteiger partial charge in [0, 0.05) is 39.9 Å². The van der Waals surface area contributed by atoms with Crippen LogP contribution in [0.4, 0.5) is 0 Å². The van der Waals surface area contributed by atoms with Crippen LogP contribution in [0.2, 0.25) is 0 Å². The van der Waals surface area contributed by atoms with Crippen LogP contribution >= 0.6 is 0 Å². The van der Waals surface area contributed by atoms with E-state index in [9.17, 15) is 0 Å². The maximum absolute atomic E-state index is 0. The summed E-state index contributed by atoms with van der Waals surface area (Å²) in [5, 5.41) is 0. The van der Waals surface area contributed by atoms with Crippen molar-refractivity contribution >= 4 is 0 Å². The molecule has 0 saturated heterocycles. The fourth-order valence-electron chi connectivity index (χ4n) is 0. The number of hydrogen-bond acceptors (Lipinski definition) is 0. The van der Waals surface area contributed by atoms with Crippen LogP contribution in [0.25, 0.3) is 0 Å². The fraction of sp³-hybridized carbons (Fsp3) is 0. The van der Waals surface area contributed by atoms with Crippen LogP contribution in [-0.2, 0) is 39.9 Å². The third-order valence-electron chi connectivity index (χ3n) is 0. The topological polar surface area (TPSA) is 94.5 Å². The minimum atomic E-state index is 0. The van der Waals surface area contributed by atoms with Crippen molar-refractivity contribution in [3.8, 4) is 0 Å². The van der Waals surface area contributed by atoms with Gasteiger partial charge in [-0.1, -0.05) is 0 Å². The normalized spacial score (nSPS) is 0. The van der Waals surface area contributed by atoms with Crippen molar-refractivity contribution in [1.82, 2.24) is 0 Å². The van der Waals surface area contributed by atoms with Gasteiger partial charge in [0.1, 0.15) is 0 Å². The van der Waals surface area contributed by atoms with Crippen molar-refractivity contribution in [2.24, 2.45) is 0 Å². The molecule has 0 amide bonds. The van der Waals surface area contributed by atoms with Gasteiger partial charge in [0.05, 0.1) is 0 Å². The molecule has 5 heteroatoms. The molecule has 5 heavy (non-hydrogen) atoms. The van der Waals surface area contributed by atoms with Crippen LogP contribution in [0.5, 0.6) is 0 Å². The summed E-state index contributed by atoms with van der Waals surface area (Å²) in [7, 11) is 0. The molecule has 0 aliphatic rings. The largest absolute Gasteiger partial charge is 0.412 e. The maximum Gasteiger partial charge on any atom is 0 e. The third kappa shape index (κ3) is 38.1. The van der Waals surface area contributed by atoms with E-state index in [1.165, 1.54) is 0 Å². The van der Waals surface area contributed by atoms with Gasteiger partial charge in [0.25, 0.3) is 0 Å². The minimum absolute atomic E-state index is 0. The molecule has 0 bridgehead atoms. The van der Waals surface area contributed by atoms with Crippen LogP contribution in [0.1, 0.15) is 0 Å². The Kier molecular flexibility index (Phi) is 1600. The molecule has 0 unspecified atom stereocenters. The molecule has 3 nitrogen and oxygen atoms in total. The zero-order chi connectivity index (χ0) is 0. The zero-order valence-corrected chi connectivity index (χ0v) is 6.69. The van der Waals surface area contributed by atoms with Gasteiger partial charge in [-0.2, -0.15) is 0 Å². The van der Waals surface area contributed by atoms with Crippen LogP contribution in [0.15, 0.2) is 0 Å². The summed E-state index contributed by atoms with van der Waals surface area (Å²) in [6.07, 6.45) is 0. The first-order chi connectivity index (χ1) is 0. The summed E-state index contributed by atoms with van der Waals surface area (Å²) in [5.74, 6) is 0. The van der Waals surface area contributed by atoms with E-state index in [-0.39, 0.29) is 56.3 Å². The maximum atomic E-state index is 0. The Morgan fingerprint density at radius 1 is 0.600 bits per heavy atom. The first-order valence-electron chi connectivity index (χ1n) is 0. The zero-order valence-electron chi connectivity index (χ0n) is 2.23. The smallest absolute Gasteiger partial charge is 0 e. The van der Waals surface area contributed by atoms with E-state index in [0.717, 1.165) is 0 Å². The molecule has 0 spiro atoms. The molecular formula is H6O3ReRu. The predicted molar refractivity (Wildman–Crippen MR) is 10.8 cm³/mol. The molecule has 0 aromatic carbocycles. The second kappa shape index (κ2) is 66.0. The van der Waals surface area contributed by atoms with Gasteiger partial charge in [0.15, 0.2) is 0 Å². The van der Waals surface area contributed by atoms with E-state index in [2.05, 4.69) is 0 Å². The van der Waals surface area contributed by atoms with Gasteiger partial charge in [-0.05, 0) is 0 Å². The molecule has 0 aromatic rings. The quantitative estimate of drug-likeness (QED) is 0.437. The van der Waals surface area contributed by atoms with Crippen molar-refractivity contribution in [2.75, 3.05) is 0 Å². The van der Waals surface area contributed by atoms with Crippen LogP contribution < -0.4 is 0 Å². The van der Waals surface area contributed by atoms with E-state index in [1.54, 1.807) is 0 Å². The summed E-state index contributed by atoms with van der Waals surface area (Å²) in [6.45, 7) is 0. The van der Waals surface area contributed by atoms with Crippen molar-refractivity contribution in [3.63, 3.8) is 0 Å². The predicted octanol–water partition coefficient (Wildman–Crippen LogP) is -2.48. The van der Waals surface area contributed by atoms with E-state index in [1.807, 2.05) is 0 Å². The standard InChI is InChI=1S/3H2O.Re.Ru/h3*1H2;;. The average Bonchev–Trinajstić information content (AvgIpc) is 0. The molecule has 1 radical (unpaired) electrons. The molecule has 6 N–H and O–H groups in total. The van der Waals surface area contributed by atoms with Gasteiger partial charge in [-0.3, -0.25) is 0 Å². The monoisotopic (exact) mass is 343 g/mol. The van der Waals surface area contributed by atoms with Gasteiger partial charge in [-0.25, -0.2) is 0 Å².